The Labute approximate surface area is 224 Å². The van der Waals surface area contributed by atoms with Gasteiger partial charge in [0.1, 0.15) is 12.4 Å². The summed E-state index contributed by atoms with van der Waals surface area (Å²) in [4.78, 5) is 29.6. The molecule has 0 bridgehead atoms. The second kappa shape index (κ2) is 10.5. The molecule has 1 saturated heterocycles. The van der Waals surface area contributed by atoms with Gasteiger partial charge in [-0.3, -0.25) is 4.79 Å². The van der Waals surface area contributed by atoms with Gasteiger partial charge in [0.15, 0.2) is 5.82 Å². The van der Waals surface area contributed by atoms with Gasteiger partial charge < -0.3 is 24.5 Å². The minimum Gasteiger partial charge on any atom is -0.459 e. The van der Waals surface area contributed by atoms with Gasteiger partial charge in [0.05, 0.1) is 35.7 Å². The van der Waals surface area contributed by atoms with E-state index < -0.39 is 11.7 Å². The highest BCUT2D eigenvalue weighted by atomic mass is 19.1. The number of carbonyl (C=O) groups excluding carboxylic acids is 1. The minimum absolute atomic E-state index is 0.0698. The molecule has 6 rings (SSSR count). The quantitative estimate of drug-likeness (QED) is 0.344. The summed E-state index contributed by atoms with van der Waals surface area (Å²) in [5, 5.41) is 3.03. The molecule has 2 N–H and O–H groups in total. The number of rotatable bonds is 8. The van der Waals surface area contributed by atoms with Crippen LogP contribution in [0.2, 0.25) is 0 Å². The maximum absolute atomic E-state index is 13.7. The van der Waals surface area contributed by atoms with Gasteiger partial charge in [0.2, 0.25) is 12.2 Å². The van der Waals surface area contributed by atoms with E-state index in [1.165, 1.54) is 12.1 Å². The van der Waals surface area contributed by atoms with Crippen molar-refractivity contribution in [2.24, 2.45) is 5.41 Å². The fourth-order valence-corrected chi connectivity index (χ4v) is 4.26. The van der Waals surface area contributed by atoms with Crippen LogP contribution in [0.3, 0.4) is 0 Å². The summed E-state index contributed by atoms with van der Waals surface area (Å²) in [6.07, 6.45) is 2.82. The second-order valence-electron chi connectivity index (χ2n) is 10.1. The van der Waals surface area contributed by atoms with Crippen molar-refractivity contribution in [3.8, 4) is 28.7 Å². The van der Waals surface area contributed by atoms with Crippen molar-refractivity contribution in [2.45, 2.75) is 38.7 Å². The lowest BCUT2D eigenvalue weighted by molar-refractivity contribution is -0.231. The number of nitrogens with one attached hydrogen (secondary N) is 2. The molecule has 2 aliphatic rings. The van der Waals surface area contributed by atoms with Crippen LogP contribution in [0.4, 0.5) is 4.39 Å². The molecule has 9 nitrogen and oxygen atoms in total. The third kappa shape index (κ3) is 5.67. The molecular formula is C29H28FN5O4. The van der Waals surface area contributed by atoms with Crippen LogP contribution in [0.5, 0.6) is 6.01 Å². The Bertz CT molecular complexity index is 1450. The van der Waals surface area contributed by atoms with E-state index >= 15 is 0 Å². The summed E-state index contributed by atoms with van der Waals surface area (Å²) < 4.78 is 31.5. The molecular weight excluding hydrogens is 501 g/mol. The first-order valence-electron chi connectivity index (χ1n) is 12.9. The Kier molecular flexibility index (Phi) is 6.80. The van der Waals surface area contributed by atoms with E-state index in [9.17, 15) is 9.18 Å². The van der Waals surface area contributed by atoms with E-state index in [2.05, 4.69) is 20.3 Å². The summed E-state index contributed by atoms with van der Waals surface area (Å²) in [5.41, 5.74) is 2.55. The highest BCUT2D eigenvalue weighted by Gasteiger charge is 2.42. The van der Waals surface area contributed by atoms with Crippen molar-refractivity contribution in [3.05, 3.63) is 84.1 Å². The van der Waals surface area contributed by atoms with Crippen LogP contribution in [0.1, 0.15) is 37.4 Å². The lowest BCUT2D eigenvalue weighted by atomic mass is 9.91. The number of ether oxygens (including phenoxy) is 3. The molecule has 10 heteroatoms. The maximum atomic E-state index is 13.7. The number of aromatic amines is 1. The average molecular weight is 530 g/mol. The molecule has 3 heterocycles. The molecule has 2 aromatic carbocycles. The number of benzene rings is 2. The van der Waals surface area contributed by atoms with Crippen LogP contribution in [0.15, 0.2) is 66.9 Å². The molecule has 1 amide bonds. The predicted molar refractivity (Wildman–Crippen MR) is 140 cm³/mol. The van der Waals surface area contributed by atoms with Gasteiger partial charge in [-0.1, -0.05) is 30.3 Å². The molecule has 2 aromatic heterocycles. The van der Waals surface area contributed by atoms with Crippen LogP contribution in [0.25, 0.3) is 22.6 Å². The number of hydrogen-bond donors (Lipinski definition) is 2. The third-order valence-corrected chi connectivity index (χ3v) is 6.73. The van der Waals surface area contributed by atoms with Crippen molar-refractivity contribution in [2.75, 3.05) is 13.2 Å². The smallest absolute Gasteiger partial charge is 0.317 e. The Balaban J connectivity index is 1.26. The monoisotopic (exact) mass is 529 g/mol. The van der Waals surface area contributed by atoms with Crippen molar-refractivity contribution >= 4 is 5.91 Å². The average Bonchev–Trinajstić information content (AvgIpc) is 3.67. The molecule has 1 aliphatic heterocycles. The lowest BCUT2D eigenvalue weighted by Crippen LogP contribution is -2.49. The molecule has 1 aliphatic carbocycles. The summed E-state index contributed by atoms with van der Waals surface area (Å²) in [7, 11) is 0. The fraction of sp³-hybridized carbons (Fsp3) is 0.310. The first kappa shape index (κ1) is 25.1. The van der Waals surface area contributed by atoms with Crippen LogP contribution >= 0.6 is 0 Å². The van der Waals surface area contributed by atoms with E-state index in [4.69, 9.17) is 19.2 Å². The molecule has 0 radical (unpaired) electrons. The van der Waals surface area contributed by atoms with Crippen LogP contribution in [-0.2, 0) is 20.9 Å². The molecule has 2 fully saturated rings. The highest BCUT2D eigenvalue weighted by molar-refractivity contribution is 5.83. The van der Waals surface area contributed by atoms with Crippen molar-refractivity contribution in [1.29, 1.82) is 0 Å². The second-order valence-corrected chi connectivity index (χ2v) is 10.1. The van der Waals surface area contributed by atoms with E-state index in [1.807, 2.05) is 37.3 Å². The molecule has 0 spiro atoms. The number of carbonyl (C=O) groups is 1. The first-order chi connectivity index (χ1) is 19.0. The number of hydrogen-bond acceptors (Lipinski definition) is 7. The maximum Gasteiger partial charge on any atom is 0.317 e. The largest absolute Gasteiger partial charge is 0.459 e. The lowest BCUT2D eigenvalue weighted by Gasteiger charge is -2.35. The summed E-state index contributed by atoms with van der Waals surface area (Å²) >= 11 is 0. The molecule has 200 valence electrons. The topological polar surface area (TPSA) is 111 Å². The van der Waals surface area contributed by atoms with Crippen molar-refractivity contribution in [1.82, 2.24) is 25.3 Å². The van der Waals surface area contributed by atoms with E-state index in [0.29, 0.717) is 35.1 Å². The standard InChI is InChI=1S/C29H28FN5O4/c1-29(27(36)32-21-11-12-21)16-38-26(39-17-29)25-34-23(19-7-9-20(30)10-8-19)24(35-25)22-13-14-31-28(33-22)37-15-18-5-3-2-4-6-18/h2-10,13-14,21,26H,11-12,15-17H2,1H3,(H,32,36)(H,34,35). The summed E-state index contributed by atoms with van der Waals surface area (Å²) in [5.74, 6) is -0.00338. The predicted octanol–water partition coefficient (Wildman–Crippen LogP) is 4.58. The molecule has 39 heavy (non-hydrogen) atoms. The normalized spacial score (nSPS) is 20.9. The zero-order chi connectivity index (χ0) is 26.8. The van der Waals surface area contributed by atoms with Crippen LogP contribution in [-0.4, -0.2) is 45.1 Å². The Morgan fingerprint density at radius 1 is 1.08 bits per heavy atom. The summed E-state index contributed by atoms with van der Waals surface area (Å²) in [6, 6.07) is 18.0. The van der Waals surface area contributed by atoms with Gasteiger partial charge in [-0.05, 0) is 55.7 Å². The Morgan fingerprint density at radius 2 is 1.82 bits per heavy atom. The number of amides is 1. The van der Waals surface area contributed by atoms with Gasteiger partial charge >= 0.3 is 6.01 Å². The number of halogens is 1. The molecule has 0 unspecified atom stereocenters. The fourth-order valence-electron chi connectivity index (χ4n) is 4.26. The SMILES string of the molecule is CC1(C(=O)NC2CC2)COC(c2nc(-c3ccc(F)cc3)c(-c3ccnc(OCc4ccccc4)n3)[nH]2)OC1. The zero-order valence-electron chi connectivity index (χ0n) is 21.4. The number of aromatic nitrogens is 4. The van der Waals surface area contributed by atoms with Crippen molar-refractivity contribution < 1.29 is 23.4 Å². The van der Waals surface area contributed by atoms with Gasteiger partial charge in [-0.25, -0.2) is 14.4 Å². The number of H-pyrrole nitrogens is 1. The van der Waals surface area contributed by atoms with Crippen molar-refractivity contribution in [3.63, 3.8) is 0 Å². The minimum atomic E-state index is -0.810. The van der Waals surface area contributed by atoms with Gasteiger partial charge in [-0.2, -0.15) is 4.98 Å². The molecule has 1 saturated carbocycles. The first-order valence-corrected chi connectivity index (χ1v) is 12.9. The van der Waals surface area contributed by atoms with E-state index in [0.717, 1.165) is 18.4 Å². The molecule has 0 atom stereocenters. The van der Waals surface area contributed by atoms with Crippen LogP contribution in [0, 0.1) is 11.2 Å². The van der Waals surface area contributed by atoms with E-state index in [1.54, 1.807) is 24.4 Å². The Morgan fingerprint density at radius 3 is 2.54 bits per heavy atom. The summed E-state index contributed by atoms with van der Waals surface area (Å²) in [6.45, 7) is 2.52. The molecule has 4 aromatic rings. The number of nitrogens with zero attached hydrogens (tertiary/aromatic N) is 3. The van der Waals surface area contributed by atoms with Crippen LogP contribution < -0.4 is 10.1 Å². The number of imidazole rings is 1. The highest BCUT2D eigenvalue weighted by Crippen LogP contribution is 2.36. The third-order valence-electron chi connectivity index (χ3n) is 6.73. The van der Waals surface area contributed by atoms with Gasteiger partial charge in [0, 0.05) is 17.8 Å². The van der Waals surface area contributed by atoms with Gasteiger partial charge in [-0.15, -0.1) is 0 Å². The Hall–Kier alpha value is -4.15. The van der Waals surface area contributed by atoms with E-state index in [-0.39, 0.29) is 37.0 Å². The van der Waals surface area contributed by atoms with Gasteiger partial charge in [0.25, 0.3) is 0 Å². The zero-order valence-corrected chi connectivity index (χ0v) is 21.4.